The molecule has 10 nitrogen and oxygen atoms in total. The van der Waals surface area contributed by atoms with E-state index in [-0.39, 0.29) is 37.0 Å². The van der Waals surface area contributed by atoms with Gasteiger partial charge >= 0.3 is 11.9 Å². The average molecular weight is 457 g/mol. The number of aromatic nitrogens is 1. The quantitative estimate of drug-likeness (QED) is 0.381. The fourth-order valence-corrected chi connectivity index (χ4v) is 3.32. The van der Waals surface area contributed by atoms with Crippen LogP contribution in [-0.4, -0.2) is 87.8 Å². The van der Waals surface area contributed by atoms with Gasteiger partial charge in [0, 0.05) is 49.8 Å². The molecule has 0 unspecified atom stereocenters. The number of anilines is 1. The Morgan fingerprint density at radius 3 is 2.06 bits per heavy atom. The molecule has 1 aliphatic heterocycles. The summed E-state index contributed by atoms with van der Waals surface area (Å²) < 4.78 is 20.0. The molecule has 33 heavy (non-hydrogen) atoms. The van der Waals surface area contributed by atoms with Gasteiger partial charge in [-0.15, -0.1) is 0 Å². The van der Waals surface area contributed by atoms with Crippen LogP contribution in [-0.2, 0) is 19.1 Å². The number of rotatable bonds is 10. The summed E-state index contributed by atoms with van der Waals surface area (Å²) in [5.74, 6) is -0.864. The standard InChI is InChI=1S/C23H27N3O7/c1-30-22(28)15-32-20-4-3-17(13-21(20)33-16-23(29)31-2)19(27)14-25-9-11-26(12-10-25)18-5-7-24-8-6-18/h3-8,13H,9-12,14-16H2,1-2H3. The van der Waals surface area contributed by atoms with Crippen LogP contribution in [0.3, 0.4) is 0 Å². The highest BCUT2D eigenvalue weighted by molar-refractivity contribution is 5.98. The number of esters is 2. The Bertz CT molecular complexity index is 960. The number of pyridine rings is 1. The lowest BCUT2D eigenvalue weighted by atomic mass is 10.1. The molecule has 0 atom stereocenters. The van der Waals surface area contributed by atoms with Gasteiger partial charge in [-0.2, -0.15) is 0 Å². The van der Waals surface area contributed by atoms with Crippen LogP contribution in [0.25, 0.3) is 0 Å². The van der Waals surface area contributed by atoms with E-state index in [1.807, 2.05) is 12.1 Å². The molecule has 0 bridgehead atoms. The molecular formula is C23H27N3O7. The molecule has 1 aliphatic rings. The van der Waals surface area contributed by atoms with Crippen LogP contribution in [0.5, 0.6) is 11.5 Å². The predicted molar refractivity (Wildman–Crippen MR) is 119 cm³/mol. The first-order chi connectivity index (χ1) is 16.0. The van der Waals surface area contributed by atoms with Crippen LogP contribution in [0.15, 0.2) is 42.7 Å². The minimum Gasteiger partial charge on any atom is -0.478 e. The molecule has 0 amide bonds. The first kappa shape index (κ1) is 24.0. The van der Waals surface area contributed by atoms with Crippen LogP contribution in [0, 0.1) is 0 Å². The smallest absolute Gasteiger partial charge is 0.343 e. The van der Waals surface area contributed by atoms with Crippen molar-refractivity contribution in [3.8, 4) is 11.5 Å². The number of benzene rings is 1. The van der Waals surface area contributed by atoms with Crippen molar-refractivity contribution in [2.75, 3.05) is 65.1 Å². The third-order valence-corrected chi connectivity index (χ3v) is 5.18. The number of piperazine rings is 1. The second kappa shape index (κ2) is 11.8. The Kier molecular flexibility index (Phi) is 8.59. The third-order valence-electron chi connectivity index (χ3n) is 5.18. The number of ether oxygens (including phenoxy) is 4. The Morgan fingerprint density at radius 1 is 0.848 bits per heavy atom. The van der Waals surface area contributed by atoms with Crippen molar-refractivity contribution in [1.29, 1.82) is 0 Å². The maximum atomic E-state index is 12.9. The second-order valence-electron chi connectivity index (χ2n) is 7.28. The molecule has 0 N–H and O–H groups in total. The first-order valence-electron chi connectivity index (χ1n) is 10.4. The van der Waals surface area contributed by atoms with E-state index in [4.69, 9.17) is 9.47 Å². The van der Waals surface area contributed by atoms with Gasteiger partial charge in [-0.25, -0.2) is 9.59 Å². The van der Waals surface area contributed by atoms with E-state index in [9.17, 15) is 14.4 Å². The van der Waals surface area contributed by atoms with E-state index in [1.54, 1.807) is 18.5 Å². The zero-order valence-corrected chi connectivity index (χ0v) is 18.7. The summed E-state index contributed by atoms with van der Waals surface area (Å²) in [4.78, 5) is 44.2. The molecule has 3 rings (SSSR count). The molecule has 1 aromatic carbocycles. The van der Waals surface area contributed by atoms with Gasteiger partial charge in [-0.1, -0.05) is 0 Å². The van der Waals surface area contributed by atoms with E-state index in [1.165, 1.54) is 26.4 Å². The number of hydrogen-bond acceptors (Lipinski definition) is 10. The Hall–Kier alpha value is -3.66. The zero-order chi connectivity index (χ0) is 23.6. The van der Waals surface area contributed by atoms with Gasteiger partial charge in [-0.3, -0.25) is 14.7 Å². The van der Waals surface area contributed by atoms with E-state index < -0.39 is 11.9 Å². The molecule has 2 aromatic rings. The van der Waals surface area contributed by atoms with Gasteiger partial charge in [0.1, 0.15) is 0 Å². The van der Waals surface area contributed by atoms with E-state index in [0.29, 0.717) is 5.56 Å². The number of hydrogen-bond donors (Lipinski definition) is 0. The second-order valence-corrected chi connectivity index (χ2v) is 7.28. The van der Waals surface area contributed by atoms with Crippen LogP contribution in [0.2, 0.25) is 0 Å². The predicted octanol–water partition coefficient (Wildman–Crippen LogP) is 1.19. The van der Waals surface area contributed by atoms with Crippen molar-refractivity contribution in [1.82, 2.24) is 9.88 Å². The maximum absolute atomic E-state index is 12.9. The normalized spacial score (nSPS) is 13.8. The number of ketones is 1. The Morgan fingerprint density at radius 2 is 1.45 bits per heavy atom. The van der Waals surface area contributed by atoms with Crippen molar-refractivity contribution in [2.45, 2.75) is 0 Å². The number of carbonyl (C=O) groups excluding carboxylic acids is 3. The molecule has 1 fully saturated rings. The van der Waals surface area contributed by atoms with Crippen molar-refractivity contribution >= 4 is 23.4 Å². The molecule has 1 saturated heterocycles. The highest BCUT2D eigenvalue weighted by Gasteiger charge is 2.21. The van der Waals surface area contributed by atoms with Gasteiger partial charge in [-0.05, 0) is 30.3 Å². The molecule has 2 heterocycles. The van der Waals surface area contributed by atoms with E-state index >= 15 is 0 Å². The van der Waals surface area contributed by atoms with Crippen molar-refractivity contribution in [2.24, 2.45) is 0 Å². The minimum absolute atomic E-state index is 0.0882. The van der Waals surface area contributed by atoms with Crippen LogP contribution < -0.4 is 14.4 Å². The number of carbonyl (C=O) groups is 3. The Labute approximate surface area is 192 Å². The molecule has 0 saturated carbocycles. The number of methoxy groups -OCH3 is 2. The van der Waals surface area contributed by atoms with Crippen molar-refractivity contribution in [3.05, 3.63) is 48.3 Å². The summed E-state index contributed by atoms with van der Waals surface area (Å²) in [5, 5.41) is 0. The highest BCUT2D eigenvalue weighted by Crippen LogP contribution is 2.29. The molecule has 0 aliphatic carbocycles. The van der Waals surface area contributed by atoms with Crippen LogP contribution >= 0.6 is 0 Å². The molecule has 0 spiro atoms. The summed E-state index contributed by atoms with van der Waals surface area (Å²) in [6.45, 7) is 2.68. The number of Topliss-reactive ketones (excluding diaryl/α,β-unsaturated/α-hetero) is 1. The molecule has 10 heteroatoms. The summed E-state index contributed by atoms with van der Waals surface area (Å²) in [7, 11) is 2.49. The van der Waals surface area contributed by atoms with Crippen molar-refractivity contribution in [3.63, 3.8) is 0 Å². The average Bonchev–Trinajstić information content (AvgIpc) is 2.86. The SMILES string of the molecule is COC(=O)COc1ccc(C(=O)CN2CCN(c3ccncc3)CC2)cc1OCC(=O)OC. The molecule has 1 aromatic heterocycles. The fraction of sp³-hybridized carbons (Fsp3) is 0.391. The monoisotopic (exact) mass is 457 g/mol. The topological polar surface area (TPSA) is 108 Å². The van der Waals surface area contributed by atoms with Gasteiger partial charge in [0.05, 0.1) is 20.8 Å². The van der Waals surface area contributed by atoms with Gasteiger partial charge in [0.2, 0.25) is 0 Å². The third kappa shape index (κ3) is 6.91. The van der Waals surface area contributed by atoms with Crippen LogP contribution in [0.4, 0.5) is 5.69 Å². The molecular weight excluding hydrogens is 430 g/mol. The highest BCUT2D eigenvalue weighted by atomic mass is 16.6. The molecule has 0 radical (unpaired) electrons. The van der Waals surface area contributed by atoms with Gasteiger partial charge < -0.3 is 23.8 Å². The van der Waals surface area contributed by atoms with Crippen LogP contribution in [0.1, 0.15) is 10.4 Å². The lowest BCUT2D eigenvalue weighted by Crippen LogP contribution is -2.48. The molecule has 176 valence electrons. The van der Waals surface area contributed by atoms with Crippen molar-refractivity contribution < 1.29 is 33.3 Å². The number of nitrogens with zero attached hydrogens (tertiary/aromatic N) is 3. The largest absolute Gasteiger partial charge is 0.478 e. The minimum atomic E-state index is -0.585. The summed E-state index contributed by atoms with van der Waals surface area (Å²) >= 11 is 0. The lowest BCUT2D eigenvalue weighted by molar-refractivity contribution is -0.144. The summed E-state index contributed by atoms with van der Waals surface area (Å²) in [6.07, 6.45) is 3.54. The zero-order valence-electron chi connectivity index (χ0n) is 18.7. The summed E-state index contributed by atoms with van der Waals surface area (Å²) in [6, 6.07) is 8.59. The van der Waals surface area contributed by atoms with Gasteiger partial charge in [0.15, 0.2) is 30.5 Å². The summed E-state index contributed by atoms with van der Waals surface area (Å²) in [5.41, 5.74) is 1.53. The Balaban J connectivity index is 1.62. The van der Waals surface area contributed by atoms with E-state index in [0.717, 1.165) is 31.9 Å². The van der Waals surface area contributed by atoms with E-state index in [2.05, 4.69) is 24.3 Å². The maximum Gasteiger partial charge on any atom is 0.343 e. The lowest BCUT2D eigenvalue weighted by Gasteiger charge is -2.35. The fourth-order valence-electron chi connectivity index (χ4n) is 3.32. The van der Waals surface area contributed by atoms with Gasteiger partial charge in [0.25, 0.3) is 0 Å². The first-order valence-corrected chi connectivity index (χ1v) is 10.4.